The quantitative estimate of drug-likeness (QED) is 0.892. The normalized spacial score (nSPS) is 20.8. The van der Waals surface area contributed by atoms with Crippen LogP contribution in [-0.2, 0) is 19.3 Å². The van der Waals surface area contributed by atoms with E-state index in [-0.39, 0.29) is 6.54 Å². The van der Waals surface area contributed by atoms with Crippen LogP contribution in [0.5, 0.6) is 0 Å². The van der Waals surface area contributed by atoms with Crippen LogP contribution in [0.4, 0.5) is 0 Å². The second-order valence-electron chi connectivity index (χ2n) is 6.13. The number of aryl methyl sites for hydroxylation is 1. The van der Waals surface area contributed by atoms with Gasteiger partial charge >= 0.3 is 0 Å². The number of benzene rings is 1. The first kappa shape index (κ1) is 14.2. The Kier molecular flexibility index (Phi) is 3.78. The molecule has 1 aromatic carbocycles. The predicted octanol–water partition coefficient (Wildman–Crippen LogP) is 1.59. The zero-order valence-corrected chi connectivity index (χ0v) is 12.2. The summed E-state index contributed by atoms with van der Waals surface area (Å²) in [6, 6.07) is 8.51. The Hall–Kier alpha value is -1.72. The fourth-order valence-electron chi connectivity index (χ4n) is 2.82. The highest BCUT2D eigenvalue weighted by Crippen LogP contribution is 2.31. The molecule has 5 nitrogen and oxygen atoms in total. The molecule has 21 heavy (non-hydrogen) atoms. The van der Waals surface area contributed by atoms with E-state index in [1.807, 2.05) is 0 Å². The average molecular weight is 287 g/mol. The molecule has 3 N–H and O–H groups in total. The summed E-state index contributed by atoms with van der Waals surface area (Å²) in [5.41, 5.74) is 7.31. The van der Waals surface area contributed by atoms with Gasteiger partial charge in [0.2, 0.25) is 5.89 Å². The SMILES string of the molecule is CC(O)(CN)Cc1nc(C2CCc3ccccc3C2)no1. The van der Waals surface area contributed by atoms with Gasteiger partial charge in [0.05, 0.1) is 12.0 Å². The minimum Gasteiger partial charge on any atom is -0.388 e. The predicted molar refractivity (Wildman–Crippen MR) is 78.9 cm³/mol. The van der Waals surface area contributed by atoms with Crippen molar-refractivity contribution in [2.75, 3.05) is 6.54 Å². The molecule has 1 aliphatic carbocycles. The van der Waals surface area contributed by atoms with Gasteiger partial charge in [0, 0.05) is 12.5 Å². The molecular formula is C16H21N3O2. The van der Waals surface area contributed by atoms with E-state index in [1.54, 1.807) is 6.92 Å². The molecule has 1 aromatic heterocycles. The summed E-state index contributed by atoms with van der Waals surface area (Å²) < 4.78 is 5.27. The first-order chi connectivity index (χ1) is 10.1. The number of nitrogens with zero attached hydrogens (tertiary/aromatic N) is 2. The van der Waals surface area contributed by atoms with Crippen molar-refractivity contribution in [2.45, 2.75) is 44.1 Å². The van der Waals surface area contributed by atoms with Crippen molar-refractivity contribution in [1.82, 2.24) is 10.1 Å². The second kappa shape index (κ2) is 5.58. The molecule has 3 rings (SSSR count). The zero-order chi connectivity index (χ0) is 14.9. The molecular weight excluding hydrogens is 266 g/mol. The molecule has 5 heteroatoms. The zero-order valence-electron chi connectivity index (χ0n) is 12.2. The number of aromatic nitrogens is 2. The van der Waals surface area contributed by atoms with Crippen LogP contribution < -0.4 is 5.73 Å². The third-order valence-electron chi connectivity index (χ3n) is 4.17. The maximum absolute atomic E-state index is 9.97. The van der Waals surface area contributed by atoms with Crippen molar-refractivity contribution in [1.29, 1.82) is 0 Å². The van der Waals surface area contributed by atoms with E-state index in [9.17, 15) is 5.11 Å². The summed E-state index contributed by atoms with van der Waals surface area (Å²) in [5.74, 6) is 1.49. The van der Waals surface area contributed by atoms with E-state index in [1.165, 1.54) is 11.1 Å². The van der Waals surface area contributed by atoms with Crippen LogP contribution in [0, 0.1) is 0 Å². The fourth-order valence-corrected chi connectivity index (χ4v) is 2.82. The maximum atomic E-state index is 9.97. The maximum Gasteiger partial charge on any atom is 0.229 e. The largest absolute Gasteiger partial charge is 0.388 e. The molecule has 2 aromatic rings. The van der Waals surface area contributed by atoms with Gasteiger partial charge in [0.15, 0.2) is 5.82 Å². The third-order valence-corrected chi connectivity index (χ3v) is 4.17. The highest BCUT2D eigenvalue weighted by Gasteiger charge is 2.27. The van der Waals surface area contributed by atoms with Crippen molar-refractivity contribution in [3.05, 3.63) is 47.1 Å². The van der Waals surface area contributed by atoms with Crippen molar-refractivity contribution >= 4 is 0 Å². The van der Waals surface area contributed by atoms with Gasteiger partial charge in [0.25, 0.3) is 0 Å². The van der Waals surface area contributed by atoms with E-state index in [0.717, 1.165) is 25.1 Å². The average Bonchev–Trinajstić information content (AvgIpc) is 2.94. The molecule has 0 bridgehead atoms. The molecule has 1 heterocycles. The second-order valence-corrected chi connectivity index (χ2v) is 6.13. The van der Waals surface area contributed by atoms with E-state index >= 15 is 0 Å². The Morgan fingerprint density at radius 1 is 1.38 bits per heavy atom. The Labute approximate surface area is 124 Å². The Morgan fingerprint density at radius 3 is 2.90 bits per heavy atom. The van der Waals surface area contributed by atoms with Gasteiger partial charge in [-0.15, -0.1) is 0 Å². The number of fused-ring (bicyclic) bond motifs is 1. The topological polar surface area (TPSA) is 85.2 Å². The number of nitrogens with two attached hydrogens (primary N) is 1. The first-order valence-electron chi connectivity index (χ1n) is 7.39. The molecule has 1 aliphatic rings. The van der Waals surface area contributed by atoms with Gasteiger partial charge in [-0.05, 0) is 37.3 Å². The van der Waals surface area contributed by atoms with E-state index < -0.39 is 5.60 Å². The van der Waals surface area contributed by atoms with Crippen LogP contribution in [0.15, 0.2) is 28.8 Å². The molecule has 0 saturated carbocycles. The third kappa shape index (κ3) is 3.14. The monoisotopic (exact) mass is 287 g/mol. The van der Waals surface area contributed by atoms with Gasteiger partial charge in [-0.3, -0.25) is 0 Å². The van der Waals surface area contributed by atoms with Crippen LogP contribution in [0.2, 0.25) is 0 Å². The molecule has 0 spiro atoms. The van der Waals surface area contributed by atoms with Crippen molar-refractivity contribution in [3.8, 4) is 0 Å². The highest BCUT2D eigenvalue weighted by molar-refractivity contribution is 5.31. The smallest absolute Gasteiger partial charge is 0.229 e. The van der Waals surface area contributed by atoms with Crippen LogP contribution in [0.25, 0.3) is 0 Å². The summed E-state index contributed by atoms with van der Waals surface area (Å²) in [7, 11) is 0. The molecule has 0 radical (unpaired) electrons. The molecule has 0 fully saturated rings. The standard InChI is InChI=1S/C16H21N3O2/c1-16(20,10-17)9-14-18-15(19-21-14)13-7-6-11-4-2-3-5-12(11)8-13/h2-5,13,20H,6-10,17H2,1H3. The van der Waals surface area contributed by atoms with Crippen molar-refractivity contribution in [2.24, 2.45) is 5.73 Å². The Balaban J connectivity index is 1.73. The lowest BCUT2D eigenvalue weighted by Crippen LogP contribution is -2.36. The minimum absolute atomic E-state index is 0.168. The molecule has 0 amide bonds. The summed E-state index contributed by atoms with van der Waals surface area (Å²) in [6.45, 7) is 1.84. The van der Waals surface area contributed by atoms with Crippen LogP contribution in [0.3, 0.4) is 0 Å². The number of hydrogen-bond donors (Lipinski definition) is 2. The molecule has 2 atom stereocenters. The van der Waals surface area contributed by atoms with Crippen LogP contribution in [-0.4, -0.2) is 27.4 Å². The summed E-state index contributed by atoms with van der Waals surface area (Å²) in [5, 5.41) is 14.1. The van der Waals surface area contributed by atoms with Crippen molar-refractivity contribution < 1.29 is 9.63 Å². The van der Waals surface area contributed by atoms with E-state index in [4.69, 9.17) is 10.3 Å². The summed E-state index contributed by atoms with van der Waals surface area (Å²) >= 11 is 0. The van der Waals surface area contributed by atoms with Crippen LogP contribution >= 0.6 is 0 Å². The number of rotatable bonds is 4. The number of aliphatic hydroxyl groups is 1. The van der Waals surface area contributed by atoms with Gasteiger partial charge < -0.3 is 15.4 Å². The van der Waals surface area contributed by atoms with Gasteiger partial charge in [-0.1, -0.05) is 29.4 Å². The van der Waals surface area contributed by atoms with Gasteiger partial charge in [-0.25, -0.2) is 0 Å². The van der Waals surface area contributed by atoms with Gasteiger partial charge in [0.1, 0.15) is 0 Å². The lowest BCUT2D eigenvalue weighted by Gasteiger charge is -2.21. The van der Waals surface area contributed by atoms with E-state index in [2.05, 4.69) is 34.4 Å². The summed E-state index contributed by atoms with van der Waals surface area (Å²) in [4.78, 5) is 4.45. The number of hydrogen-bond acceptors (Lipinski definition) is 5. The lowest BCUT2D eigenvalue weighted by atomic mass is 9.83. The Bertz CT molecular complexity index is 621. The van der Waals surface area contributed by atoms with E-state index in [0.29, 0.717) is 18.2 Å². The molecule has 0 saturated heterocycles. The van der Waals surface area contributed by atoms with Crippen LogP contribution in [0.1, 0.15) is 42.1 Å². The van der Waals surface area contributed by atoms with Crippen molar-refractivity contribution in [3.63, 3.8) is 0 Å². The molecule has 112 valence electrons. The lowest BCUT2D eigenvalue weighted by molar-refractivity contribution is 0.0610. The Morgan fingerprint density at radius 2 is 2.14 bits per heavy atom. The van der Waals surface area contributed by atoms with Gasteiger partial charge in [-0.2, -0.15) is 4.98 Å². The summed E-state index contributed by atoms with van der Waals surface area (Å²) in [6.07, 6.45) is 3.32. The highest BCUT2D eigenvalue weighted by atomic mass is 16.5. The molecule has 2 unspecified atom stereocenters. The molecule has 0 aliphatic heterocycles. The minimum atomic E-state index is -0.997. The first-order valence-corrected chi connectivity index (χ1v) is 7.39. The fraction of sp³-hybridized carbons (Fsp3) is 0.500.